The highest BCUT2D eigenvalue weighted by Crippen LogP contribution is 2.32. The second-order valence-corrected chi connectivity index (χ2v) is 3.84. The van der Waals surface area contributed by atoms with Crippen molar-refractivity contribution in [2.24, 2.45) is 0 Å². The highest BCUT2D eigenvalue weighted by Gasteiger charge is 2.30. The number of nitrogens with one attached hydrogen (secondary N) is 1. The van der Waals surface area contributed by atoms with Crippen LogP contribution in [0, 0.1) is 6.92 Å². The zero-order chi connectivity index (χ0) is 13.3. The summed E-state index contributed by atoms with van der Waals surface area (Å²) in [5, 5.41) is 0. The van der Waals surface area contributed by atoms with E-state index in [0.717, 1.165) is 18.3 Å². The first-order valence-electron chi connectivity index (χ1n) is 5.10. The smallest absolute Gasteiger partial charge is 0.319 e. The van der Waals surface area contributed by atoms with Crippen LogP contribution in [-0.2, 0) is 6.18 Å². The van der Waals surface area contributed by atoms with Crippen LogP contribution >= 0.6 is 0 Å². The van der Waals surface area contributed by atoms with Gasteiger partial charge in [-0.15, -0.1) is 0 Å². The van der Waals surface area contributed by atoms with Gasteiger partial charge in [-0.1, -0.05) is 6.07 Å². The molecule has 0 amide bonds. The number of hydrogen-bond acceptors (Lipinski definition) is 2. The zero-order valence-electron chi connectivity index (χ0n) is 9.38. The van der Waals surface area contributed by atoms with Crippen molar-refractivity contribution in [3.8, 4) is 11.3 Å². The Bertz CT molecular complexity index is 632. The van der Waals surface area contributed by atoms with Gasteiger partial charge in [0.1, 0.15) is 0 Å². The quantitative estimate of drug-likeness (QED) is 0.850. The van der Waals surface area contributed by atoms with Crippen LogP contribution in [0.5, 0.6) is 0 Å². The molecule has 0 atom stereocenters. The Hall–Kier alpha value is -2.11. The van der Waals surface area contributed by atoms with E-state index >= 15 is 0 Å². The minimum atomic E-state index is -4.37. The number of benzene rings is 1. The molecule has 0 radical (unpaired) electrons. The molecule has 1 aromatic heterocycles. The summed E-state index contributed by atoms with van der Waals surface area (Å²) in [6.45, 7) is 1.55. The van der Waals surface area contributed by atoms with Gasteiger partial charge in [0.25, 0.3) is 5.56 Å². The average Bonchev–Trinajstić information content (AvgIpc) is 2.27. The number of rotatable bonds is 1. The van der Waals surface area contributed by atoms with E-state index in [1.165, 1.54) is 12.3 Å². The van der Waals surface area contributed by atoms with Crippen molar-refractivity contribution in [2.75, 3.05) is 0 Å². The van der Waals surface area contributed by atoms with Gasteiger partial charge in [0.15, 0.2) is 0 Å². The largest absolute Gasteiger partial charge is 0.416 e. The molecule has 0 bridgehead atoms. The predicted octanol–water partition coefficient (Wildman–Crippen LogP) is 2.76. The Morgan fingerprint density at radius 1 is 1.22 bits per heavy atom. The maximum atomic E-state index is 12.5. The summed E-state index contributed by atoms with van der Waals surface area (Å²) in [5.74, 6) is 0. The Labute approximate surface area is 100 Å². The van der Waals surface area contributed by atoms with Gasteiger partial charge in [-0.3, -0.25) is 9.78 Å². The van der Waals surface area contributed by atoms with Gasteiger partial charge in [0.2, 0.25) is 0 Å². The standard InChI is InChI=1S/C12H9F3N2O/c1-7-4-8(12(13,14)15)2-3-9(7)10-5-16-6-11(18)17-10/h2-6H,1H3,(H,17,18). The van der Waals surface area contributed by atoms with Crippen LogP contribution < -0.4 is 5.56 Å². The van der Waals surface area contributed by atoms with Gasteiger partial charge in [0, 0.05) is 5.56 Å². The van der Waals surface area contributed by atoms with E-state index in [1.807, 2.05) is 0 Å². The Kier molecular flexibility index (Phi) is 2.94. The maximum Gasteiger partial charge on any atom is 0.416 e. The Morgan fingerprint density at radius 2 is 1.94 bits per heavy atom. The van der Waals surface area contributed by atoms with Crippen LogP contribution in [0.15, 0.2) is 35.4 Å². The van der Waals surface area contributed by atoms with Crippen LogP contribution in [-0.4, -0.2) is 9.97 Å². The number of aromatic nitrogens is 2. The van der Waals surface area contributed by atoms with E-state index < -0.39 is 17.3 Å². The number of alkyl halides is 3. The summed E-state index contributed by atoms with van der Waals surface area (Å²) in [6, 6.07) is 3.35. The number of aromatic amines is 1. The zero-order valence-corrected chi connectivity index (χ0v) is 9.38. The number of hydrogen-bond donors (Lipinski definition) is 1. The second-order valence-electron chi connectivity index (χ2n) is 3.84. The molecular formula is C12H9F3N2O. The summed E-state index contributed by atoms with van der Waals surface area (Å²) in [4.78, 5) is 17.3. The van der Waals surface area contributed by atoms with Crippen molar-refractivity contribution in [2.45, 2.75) is 13.1 Å². The number of H-pyrrole nitrogens is 1. The Balaban J connectivity index is 2.52. The van der Waals surface area contributed by atoms with Crippen molar-refractivity contribution in [3.05, 3.63) is 52.1 Å². The summed E-state index contributed by atoms with van der Waals surface area (Å²) < 4.78 is 37.5. The summed E-state index contributed by atoms with van der Waals surface area (Å²) >= 11 is 0. The molecule has 0 spiro atoms. The van der Waals surface area contributed by atoms with Crippen molar-refractivity contribution >= 4 is 0 Å². The summed E-state index contributed by atoms with van der Waals surface area (Å²) in [6.07, 6.45) is -1.87. The fourth-order valence-electron chi connectivity index (χ4n) is 1.66. The van der Waals surface area contributed by atoms with Crippen LogP contribution in [0.25, 0.3) is 11.3 Å². The van der Waals surface area contributed by atoms with Gasteiger partial charge in [-0.25, -0.2) is 0 Å². The first-order chi connectivity index (χ1) is 8.38. The molecule has 1 aromatic carbocycles. The number of nitrogens with zero attached hydrogens (tertiary/aromatic N) is 1. The van der Waals surface area contributed by atoms with Crippen molar-refractivity contribution in [1.29, 1.82) is 0 Å². The van der Waals surface area contributed by atoms with E-state index in [-0.39, 0.29) is 0 Å². The first-order valence-corrected chi connectivity index (χ1v) is 5.10. The first kappa shape index (κ1) is 12.3. The van der Waals surface area contributed by atoms with E-state index in [0.29, 0.717) is 16.8 Å². The molecule has 1 heterocycles. The van der Waals surface area contributed by atoms with Crippen molar-refractivity contribution in [3.63, 3.8) is 0 Å². The Morgan fingerprint density at radius 3 is 2.50 bits per heavy atom. The third-order valence-corrected chi connectivity index (χ3v) is 2.50. The lowest BCUT2D eigenvalue weighted by atomic mass is 10.0. The third kappa shape index (κ3) is 2.42. The van der Waals surface area contributed by atoms with Gasteiger partial charge in [-0.05, 0) is 24.6 Å². The molecule has 0 unspecified atom stereocenters. The minimum absolute atomic E-state index is 0.396. The molecule has 0 fully saturated rings. The SMILES string of the molecule is Cc1cc(C(F)(F)F)ccc1-c1cncc(=O)[nH]1. The third-order valence-electron chi connectivity index (χ3n) is 2.50. The van der Waals surface area contributed by atoms with Gasteiger partial charge >= 0.3 is 6.18 Å². The molecule has 3 nitrogen and oxygen atoms in total. The molecule has 0 aliphatic heterocycles. The van der Waals surface area contributed by atoms with E-state index in [9.17, 15) is 18.0 Å². The van der Waals surface area contributed by atoms with Crippen LogP contribution in [0.2, 0.25) is 0 Å². The minimum Gasteiger partial charge on any atom is -0.319 e. The molecule has 18 heavy (non-hydrogen) atoms. The molecule has 0 aliphatic carbocycles. The van der Waals surface area contributed by atoms with Crippen molar-refractivity contribution < 1.29 is 13.2 Å². The maximum absolute atomic E-state index is 12.5. The molecular weight excluding hydrogens is 245 g/mol. The lowest BCUT2D eigenvalue weighted by molar-refractivity contribution is -0.137. The molecule has 0 aliphatic rings. The van der Waals surface area contributed by atoms with Crippen molar-refractivity contribution in [1.82, 2.24) is 9.97 Å². The lowest BCUT2D eigenvalue weighted by Crippen LogP contribution is -2.08. The van der Waals surface area contributed by atoms with Gasteiger partial charge in [0.05, 0.1) is 23.7 Å². The fourth-order valence-corrected chi connectivity index (χ4v) is 1.66. The van der Waals surface area contributed by atoms with Gasteiger partial charge < -0.3 is 4.98 Å². The normalized spacial score (nSPS) is 11.6. The van der Waals surface area contributed by atoms with Gasteiger partial charge in [-0.2, -0.15) is 13.2 Å². The van der Waals surface area contributed by atoms with E-state index in [2.05, 4.69) is 9.97 Å². The average molecular weight is 254 g/mol. The van der Waals surface area contributed by atoms with E-state index in [1.54, 1.807) is 6.92 Å². The van der Waals surface area contributed by atoms with Crippen LogP contribution in [0.1, 0.15) is 11.1 Å². The molecule has 6 heteroatoms. The molecule has 94 valence electrons. The topological polar surface area (TPSA) is 45.8 Å². The van der Waals surface area contributed by atoms with Crippen LogP contribution in [0.4, 0.5) is 13.2 Å². The molecule has 2 rings (SSSR count). The second kappa shape index (κ2) is 4.29. The van der Waals surface area contributed by atoms with E-state index in [4.69, 9.17) is 0 Å². The molecule has 0 saturated carbocycles. The predicted molar refractivity (Wildman–Crippen MR) is 60.0 cm³/mol. The number of halogens is 3. The number of aryl methyl sites for hydroxylation is 1. The van der Waals surface area contributed by atoms with Crippen LogP contribution in [0.3, 0.4) is 0 Å². The molecule has 1 N–H and O–H groups in total. The highest BCUT2D eigenvalue weighted by molar-refractivity contribution is 5.63. The summed E-state index contributed by atoms with van der Waals surface area (Å²) in [5.41, 5.74) is 0.234. The summed E-state index contributed by atoms with van der Waals surface area (Å²) in [7, 11) is 0. The monoisotopic (exact) mass is 254 g/mol. The molecule has 2 aromatic rings. The molecule has 0 saturated heterocycles. The highest BCUT2D eigenvalue weighted by atomic mass is 19.4. The fraction of sp³-hybridized carbons (Fsp3) is 0.167. The lowest BCUT2D eigenvalue weighted by Gasteiger charge is -2.10.